The summed E-state index contributed by atoms with van der Waals surface area (Å²) in [6.45, 7) is 5.01. The molecule has 0 aliphatic carbocycles. The summed E-state index contributed by atoms with van der Waals surface area (Å²) in [4.78, 5) is 4.59. The van der Waals surface area contributed by atoms with Crippen molar-refractivity contribution in [2.75, 3.05) is 39.8 Å². The second-order valence-corrected chi connectivity index (χ2v) is 6.47. The first-order valence-corrected chi connectivity index (χ1v) is 8.66. The van der Waals surface area contributed by atoms with Crippen LogP contribution in [0.4, 0.5) is 4.39 Å². The molecule has 2 aromatic rings. The Kier molecular flexibility index (Phi) is 6.02. The molecule has 1 unspecified atom stereocenters. The van der Waals surface area contributed by atoms with Gasteiger partial charge in [0.2, 0.25) is 0 Å². The van der Waals surface area contributed by atoms with E-state index in [1.807, 2.05) is 36.4 Å². The summed E-state index contributed by atoms with van der Waals surface area (Å²) in [5.74, 6) is -0.0342. The Labute approximate surface area is 148 Å². The molecule has 4 nitrogen and oxygen atoms in total. The average Bonchev–Trinajstić information content (AvgIpc) is 2.64. The molecule has 1 fully saturated rings. The number of hydrogen-bond donors (Lipinski definition) is 1. The summed E-state index contributed by atoms with van der Waals surface area (Å²) < 4.78 is 18.8. The number of nitrogens with zero attached hydrogens (tertiary/aromatic N) is 2. The standard InChI is InChI=1S/C20H25FN2O2/c1-25-20-8-7-16(13-18(20)21)14-22-9-11-23(12-10-22)15-19(24)17-5-3-2-4-6-17/h2-8,13,19,24H,9-12,14-15H2,1H3. The van der Waals surface area contributed by atoms with Crippen LogP contribution in [0.2, 0.25) is 0 Å². The van der Waals surface area contributed by atoms with E-state index in [9.17, 15) is 9.50 Å². The van der Waals surface area contributed by atoms with Crippen molar-refractivity contribution in [2.24, 2.45) is 0 Å². The first-order chi connectivity index (χ1) is 12.2. The molecule has 134 valence electrons. The van der Waals surface area contributed by atoms with Gasteiger partial charge in [0.15, 0.2) is 11.6 Å². The average molecular weight is 344 g/mol. The minimum atomic E-state index is -0.455. The maximum Gasteiger partial charge on any atom is 0.165 e. The molecule has 1 heterocycles. The molecule has 5 heteroatoms. The smallest absolute Gasteiger partial charge is 0.165 e. The van der Waals surface area contributed by atoms with Gasteiger partial charge >= 0.3 is 0 Å². The van der Waals surface area contributed by atoms with E-state index >= 15 is 0 Å². The van der Waals surface area contributed by atoms with Crippen LogP contribution in [-0.2, 0) is 6.54 Å². The fourth-order valence-corrected chi connectivity index (χ4v) is 3.22. The molecular weight excluding hydrogens is 319 g/mol. The van der Waals surface area contributed by atoms with Gasteiger partial charge in [-0.15, -0.1) is 0 Å². The van der Waals surface area contributed by atoms with Crippen molar-refractivity contribution >= 4 is 0 Å². The summed E-state index contributed by atoms with van der Waals surface area (Å²) in [6, 6.07) is 14.9. The number of benzene rings is 2. The Morgan fingerprint density at radius 1 is 1.04 bits per heavy atom. The highest BCUT2D eigenvalue weighted by Crippen LogP contribution is 2.20. The summed E-state index contributed by atoms with van der Waals surface area (Å²) in [6.07, 6.45) is -0.455. The van der Waals surface area contributed by atoms with Crippen LogP contribution in [0, 0.1) is 5.82 Å². The van der Waals surface area contributed by atoms with Crippen molar-refractivity contribution < 1.29 is 14.2 Å². The molecule has 1 atom stereocenters. The van der Waals surface area contributed by atoms with Crippen molar-refractivity contribution in [3.8, 4) is 5.75 Å². The van der Waals surface area contributed by atoms with Crippen LogP contribution in [0.5, 0.6) is 5.75 Å². The number of methoxy groups -OCH3 is 1. The van der Waals surface area contributed by atoms with Gasteiger partial charge in [-0.05, 0) is 23.3 Å². The van der Waals surface area contributed by atoms with E-state index in [1.165, 1.54) is 7.11 Å². The zero-order chi connectivity index (χ0) is 17.6. The minimum absolute atomic E-state index is 0.281. The van der Waals surface area contributed by atoms with E-state index in [-0.39, 0.29) is 11.6 Å². The van der Waals surface area contributed by atoms with Gasteiger partial charge < -0.3 is 9.84 Å². The van der Waals surface area contributed by atoms with E-state index in [0.717, 1.165) is 43.9 Å². The van der Waals surface area contributed by atoms with Crippen LogP contribution in [0.3, 0.4) is 0 Å². The third kappa shape index (κ3) is 4.78. The van der Waals surface area contributed by atoms with Gasteiger partial charge in [0, 0.05) is 39.3 Å². The number of halogens is 1. The molecule has 0 amide bonds. The van der Waals surface area contributed by atoms with E-state index in [0.29, 0.717) is 6.54 Å². The molecule has 0 bridgehead atoms. The molecule has 25 heavy (non-hydrogen) atoms. The predicted octanol–water partition coefficient (Wildman–Crippen LogP) is 2.69. The van der Waals surface area contributed by atoms with Crippen LogP contribution < -0.4 is 4.74 Å². The number of piperazine rings is 1. The van der Waals surface area contributed by atoms with Crippen molar-refractivity contribution in [3.63, 3.8) is 0 Å². The van der Waals surface area contributed by atoms with Gasteiger partial charge in [0.25, 0.3) is 0 Å². The van der Waals surface area contributed by atoms with Crippen LogP contribution in [0.25, 0.3) is 0 Å². The van der Waals surface area contributed by atoms with Gasteiger partial charge in [0.05, 0.1) is 13.2 Å². The zero-order valence-corrected chi connectivity index (χ0v) is 14.6. The lowest BCUT2D eigenvalue weighted by Gasteiger charge is -2.35. The monoisotopic (exact) mass is 344 g/mol. The lowest BCUT2D eigenvalue weighted by Crippen LogP contribution is -2.47. The van der Waals surface area contributed by atoms with E-state index in [2.05, 4.69) is 9.80 Å². The highest BCUT2D eigenvalue weighted by molar-refractivity contribution is 5.29. The first-order valence-electron chi connectivity index (χ1n) is 8.66. The first kappa shape index (κ1) is 17.9. The molecule has 1 saturated heterocycles. The molecule has 0 radical (unpaired) electrons. The molecule has 1 N–H and O–H groups in total. The van der Waals surface area contributed by atoms with Gasteiger partial charge in [-0.2, -0.15) is 0 Å². The number of ether oxygens (including phenoxy) is 1. The Balaban J connectivity index is 1.48. The third-order valence-corrected chi connectivity index (χ3v) is 4.70. The molecule has 1 aliphatic rings. The maximum atomic E-state index is 13.8. The summed E-state index contributed by atoms with van der Waals surface area (Å²) >= 11 is 0. The van der Waals surface area contributed by atoms with Crippen molar-refractivity contribution in [3.05, 3.63) is 65.5 Å². The fourth-order valence-electron chi connectivity index (χ4n) is 3.22. The number of aliphatic hydroxyl groups excluding tert-OH is 1. The van der Waals surface area contributed by atoms with Gasteiger partial charge in [-0.1, -0.05) is 36.4 Å². The quantitative estimate of drug-likeness (QED) is 0.874. The Bertz CT molecular complexity index is 673. The molecule has 0 saturated carbocycles. The summed E-state index contributed by atoms with van der Waals surface area (Å²) in [5.41, 5.74) is 1.91. The van der Waals surface area contributed by atoms with Crippen molar-refractivity contribution in [1.82, 2.24) is 9.80 Å². The van der Waals surface area contributed by atoms with Crippen LogP contribution in [-0.4, -0.2) is 54.7 Å². The number of aliphatic hydroxyl groups is 1. The number of β-amino-alcohol motifs (C(OH)–C–C–N with tert-alkyl or cyclic N) is 1. The Hall–Kier alpha value is -1.95. The zero-order valence-electron chi connectivity index (χ0n) is 14.6. The Morgan fingerprint density at radius 3 is 2.36 bits per heavy atom. The van der Waals surface area contributed by atoms with Gasteiger partial charge in [-0.3, -0.25) is 9.80 Å². The minimum Gasteiger partial charge on any atom is -0.494 e. The lowest BCUT2D eigenvalue weighted by molar-refractivity contribution is 0.0701. The topological polar surface area (TPSA) is 35.9 Å². The van der Waals surface area contributed by atoms with Crippen molar-refractivity contribution in [2.45, 2.75) is 12.6 Å². The van der Waals surface area contributed by atoms with E-state index < -0.39 is 6.10 Å². The van der Waals surface area contributed by atoms with Crippen molar-refractivity contribution in [1.29, 1.82) is 0 Å². The molecular formula is C20H25FN2O2. The molecule has 0 aromatic heterocycles. The van der Waals surface area contributed by atoms with Crippen LogP contribution in [0.15, 0.2) is 48.5 Å². The highest BCUT2D eigenvalue weighted by atomic mass is 19.1. The van der Waals surface area contributed by atoms with Gasteiger partial charge in [0.1, 0.15) is 0 Å². The highest BCUT2D eigenvalue weighted by Gasteiger charge is 2.20. The molecule has 1 aliphatic heterocycles. The number of rotatable bonds is 6. The summed E-state index contributed by atoms with van der Waals surface area (Å²) in [5, 5.41) is 10.3. The summed E-state index contributed by atoms with van der Waals surface area (Å²) in [7, 11) is 1.47. The maximum absolute atomic E-state index is 13.8. The van der Waals surface area contributed by atoms with Gasteiger partial charge in [-0.25, -0.2) is 4.39 Å². The second-order valence-electron chi connectivity index (χ2n) is 6.47. The normalized spacial score (nSPS) is 17.4. The number of hydrogen-bond acceptors (Lipinski definition) is 4. The van der Waals surface area contributed by atoms with E-state index in [4.69, 9.17) is 4.74 Å². The largest absolute Gasteiger partial charge is 0.494 e. The second kappa shape index (κ2) is 8.43. The fraction of sp³-hybridized carbons (Fsp3) is 0.400. The third-order valence-electron chi connectivity index (χ3n) is 4.70. The SMILES string of the molecule is COc1ccc(CN2CCN(CC(O)c3ccccc3)CC2)cc1F. The van der Waals surface area contributed by atoms with Crippen LogP contribution >= 0.6 is 0 Å². The Morgan fingerprint density at radius 2 is 1.72 bits per heavy atom. The lowest BCUT2D eigenvalue weighted by atomic mass is 10.1. The molecule has 0 spiro atoms. The molecule has 3 rings (SSSR count). The molecule has 2 aromatic carbocycles. The van der Waals surface area contributed by atoms with Crippen LogP contribution in [0.1, 0.15) is 17.2 Å². The predicted molar refractivity (Wildman–Crippen MR) is 96.1 cm³/mol. The van der Waals surface area contributed by atoms with E-state index in [1.54, 1.807) is 12.1 Å².